The third kappa shape index (κ3) is 2.94. The highest BCUT2D eigenvalue weighted by Crippen LogP contribution is 2.35. The van der Waals surface area contributed by atoms with Crippen LogP contribution in [0.4, 0.5) is 18.3 Å². The Morgan fingerprint density at radius 2 is 2.23 bits per heavy atom. The summed E-state index contributed by atoms with van der Waals surface area (Å²) in [6.45, 7) is 0.652. The van der Waals surface area contributed by atoms with Crippen molar-refractivity contribution >= 4 is 32.6 Å². The van der Waals surface area contributed by atoms with E-state index in [1.54, 1.807) is 4.90 Å². The standard InChI is InChI=1S/C13H12F3N3O2S/c14-13(15,16)21-7-3-4-8-10(6-7)22-12(18-8)19-5-1-2-9(19)11(17)20/h3-4,6,9H,1-2,5H2,(H2,17,20). The molecule has 3 rings (SSSR count). The Bertz CT molecular complexity index is 716. The lowest BCUT2D eigenvalue weighted by Crippen LogP contribution is -2.40. The fraction of sp³-hybridized carbons (Fsp3) is 0.385. The van der Waals surface area contributed by atoms with Gasteiger partial charge in [0.05, 0.1) is 10.2 Å². The fourth-order valence-corrected chi connectivity index (χ4v) is 3.57. The highest BCUT2D eigenvalue weighted by atomic mass is 32.1. The SMILES string of the molecule is NC(=O)C1CCCN1c1nc2ccc(OC(F)(F)F)cc2s1. The summed E-state index contributed by atoms with van der Waals surface area (Å²) in [7, 11) is 0. The van der Waals surface area contributed by atoms with E-state index in [9.17, 15) is 18.0 Å². The minimum Gasteiger partial charge on any atom is -0.406 e. The molecule has 0 spiro atoms. The van der Waals surface area contributed by atoms with E-state index in [-0.39, 0.29) is 5.75 Å². The molecular formula is C13H12F3N3O2S. The summed E-state index contributed by atoms with van der Waals surface area (Å²) in [6.07, 6.45) is -3.24. The lowest BCUT2D eigenvalue weighted by Gasteiger charge is -2.20. The summed E-state index contributed by atoms with van der Waals surface area (Å²) in [4.78, 5) is 17.6. The number of rotatable bonds is 3. The number of primary amides is 1. The molecule has 1 aliphatic heterocycles. The van der Waals surface area contributed by atoms with Crippen LogP contribution in [0.1, 0.15) is 12.8 Å². The molecule has 1 amide bonds. The number of anilines is 1. The fourth-order valence-electron chi connectivity index (χ4n) is 2.50. The Morgan fingerprint density at radius 3 is 2.91 bits per heavy atom. The molecule has 9 heteroatoms. The molecule has 5 nitrogen and oxygen atoms in total. The lowest BCUT2D eigenvalue weighted by atomic mass is 10.2. The molecule has 1 unspecified atom stereocenters. The second-order valence-corrected chi connectivity index (χ2v) is 5.94. The van der Waals surface area contributed by atoms with E-state index in [1.807, 2.05) is 0 Å². The van der Waals surface area contributed by atoms with Crippen molar-refractivity contribution in [2.75, 3.05) is 11.4 Å². The molecule has 0 bridgehead atoms. The quantitative estimate of drug-likeness (QED) is 0.939. The molecule has 1 fully saturated rings. The Kier molecular flexibility index (Phi) is 3.59. The van der Waals surface area contributed by atoms with Crippen LogP contribution < -0.4 is 15.4 Å². The Hall–Kier alpha value is -2.03. The van der Waals surface area contributed by atoms with Crippen LogP contribution in [0.25, 0.3) is 10.2 Å². The van der Waals surface area contributed by atoms with Crippen molar-refractivity contribution in [3.8, 4) is 5.75 Å². The molecule has 2 heterocycles. The van der Waals surface area contributed by atoms with Crippen LogP contribution in [-0.2, 0) is 4.79 Å². The number of amides is 1. The second-order valence-electron chi connectivity index (χ2n) is 4.93. The molecule has 2 N–H and O–H groups in total. The number of carbonyl (C=O) groups is 1. The number of nitrogens with two attached hydrogens (primary N) is 1. The van der Waals surface area contributed by atoms with Crippen molar-refractivity contribution in [2.24, 2.45) is 5.73 Å². The van der Waals surface area contributed by atoms with Crippen LogP contribution in [-0.4, -0.2) is 29.8 Å². The maximum Gasteiger partial charge on any atom is 0.573 e. The van der Waals surface area contributed by atoms with Gasteiger partial charge in [0.25, 0.3) is 0 Å². The molecule has 1 aromatic carbocycles. The maximum atomic E-state index is 12.2. The van der Waals surface area contributed by atoms with Crippen molar-refractivity contribution in [3.05, 3.63) is 18.2 Å². The van der Waals surface area contributed by atoms with Gasteiger partial charge in [-0.05, 0) is 25.0 Å². The van der Waals surface area contributed by atoms with Crippen LogP contribution in [0.5, 0.6) is 5.75 Å². The van der Waals surface area contributed by atoms with Crippen LogP contribution >= 0.6 is 11.3 Å². The van der Waals surface area contributed by atoms with E-state index in [1.165, 1.54) is 29.5 Å². The number of halogens is 3. The van der Waals surface area contributed by atoms with Gasteiger partial charge in [-0.3, -0.25) is 4.79 Å². The Morgan fingerprint density at radius 1 is 1.45 bits per heavy atom. The van der Waals surface area contributed by atoms with Gasteiger partial charge in [-0.15, -0.1) is 13.2 Å². The lowest BCUT2D eigenvalue weighted by molar-refractivity contribution is -0.274. The van der Waals surface area contributed by atoms with Crippen LogP contribution in [0.15, 0.2) is 18.2 Å². The first-order chi connectivity index (χ1) is 10.3. The first kappa shape index (κ1) is 14.9. The van der Waals surface area contributed by atoms with Gasteiger partial charge in [0.15, 0.2) is 5.13 Å². The highest BCUT2D eigenvalue weighted by molar-refractivity contribution is 7.22. The molecule has 118 valence electrons. The van der Waals surface area contributed by atoms with Gasteiger partial charge < -0.3 is 15.4 Å². The Labute approximate surface area is 127 Å². The number of carbonyl (C=O) groups excluding carboxylic acids is 1. The zero-order valence-electron chi connectivity index (χ0n) is 11.3. The average Bonchev–Trinajstić information content (AvgIpc) is 3.01. The zero-order valence-corrected chi connectivity index (χ0v) is 12.1. The molecule has 1 aromatic heterocycles. The maximum absolute atomic E-state index is 12.2. The molecular weight excluding hydrogens is 319 g/mol. The minimum atomic E-state index is -4.73. The largest absolute Gasteiger partial charge is 0.573 e. The number of fused-ring (bicyclic) bond motifs is 1. The average molecular weight is 331 g/mol. The van der Waals surface area contributed by atoms with E-state index in [2.05, 4.69) is 9.72 Å². The molecule has 0 radical (unpaired) electrons. The first-order valence-corrected chi connectivity index (χ1v) is 7.37. The topological polar surface area (TPSA) is 68.5 Å². The number of aromatic nitrogens is 1. The summed E-state index contributed by atoms with van der Waals surface area (Å²) in [6, 6.07) is 3.56. The molecule has 0 saturated carbocycles. The third-order valence-corrected chi connectivity index (χ3v) is 4.46. The van der Waals surface area contributed by atoms with E-state index in [0.29, 0.717) is 28.3 Å². The molecule has 1 aliphatic rings. The van der Waals surface area contributed by atoms with Crippen molar-refractivity contribution in [2.45, 2.75) is 25.2 Å². The number of benzene rings is 1. The minimum absolute atomic E-state index is 0.289. The first-order valence-electron chi connectivity index (χ1n) is 6.56. The van der Waals surface area contributed by atoms with E-state index in [4.69, 9.17) is 5.73 Å². The summed E-state index contributed by atoms with van der Waals surface area (Å²) in [5.41, 5.74) is 5.92. The van der Waals surface area contributed by atoms with Gasteiger partial charge in [-0.2, -0.15) is 0 Å². The van der Waals surface area contributed by atoms with E-state index in [0.717, 1.165) is 6.42 Å². The van der Waals surface area contributed by atoms with Crippen molar-refractivity contribution < 1.29 is 22.7 Å². The van der Waals surface area contributed by atoms with Crippen LogP contribution in [0.3, 0.4) is 0 Å². The summed E-state index contributed by atoms with van der Waals surface area (Å²) >= 11 is 1.22. The highest BCUT2D eigenvalue weighted by Gasteiger charge is 2.32. The van der Waals surface area contributed by atoms with Gasteiger partial charge in [-0.1, -0.05) is 11.3 Å². The number of nitrogens with zero attached hydrogens (tertiary/aromatic N) is 2. The van der Waals surface area contributed by atoms with Gasteiger partial charge in [0, 0.05) is 12.6 Å². The molecule has 0 aliphatic carbocycles. The van der Waals surface area contributed by atoms with Crippen molar-refractivity contribution in [3.63, 3.8) is 0 Å². The summed E-state index contributed by atoms with van der Waals surface area (Å²) < 4.78 is 41.2. The Balaban J connectivity index is 1.91. The van der Waals surface area contributed by atoms with Gasteiger partial charge in [0.1, 0.15) is 11.8 Å². The number of hydrogen-bond donors (Lipinski definition) is 1. The molecule has 1 atom stereocenters. The predicted molar refractivity (Wildman–Crippen MR) is 75.9 cm³/mol. The number of hydrogen-bond acceptors (Lipinski definition) is 5. The number of alkyl halides is 3. The van der Waals surface area contributed by atoms with E-state index < -0.39 is 18.3 Å². The summed E-state index contributed by atoms with van der Waals surface area (Å²) in [5.74, 6) is -0.707. The molecule has 1 saturated heterocycles. The van der Waals surface area contributed by atoms with Crippen molar-refractivity contribution in [1.29, 1.82) is 0 Å². The number of ether oxygens (including phenoxy) is 1. The normalized spacial score (nSPS) is 18.9. The number of thiazole rings is 1. The van der Waals surface area contributed by atoms with Crippen LogP contribution in [0.2, 0.25) is 0 Å². The van der Waals surface area contributed by atoms with Crippen molar-refractivity contribution in [1.82, 2.24) is 4.98 Å². The van der Waals surface area contributed by atoms with E-state index >= 15 is 0 Å². The second kappa shape index (κ2) is 5.31. The predicted octanol–water partition coefficient (Wildman–Crippen LogP) is 2.65. The molecule has 2 aromatic rings. The zero-order chi connectivity index (χ0) is 15.9. The van der Waals surface area contributed by atoms with Gasteiger partial charge >= 0.3 is 6.36 Å². The van der Waals surface area contributed by atoms with Gasteiger partial charge in [0.2, 0.25) is 5.91 Å². The summed E-state index contributed by atoms with van der Waals surface area (Å²) in [5, 5.41) is 0.584. The van der Waals surface area contributed by atoms with Crippen LogP contribution in [0, 0.1) is 0 Å². The smallest absolute Gasteiger partial charge is 0.406 e. The molecule has 22 heavy (non-hydrogen) atoms. The van der Waals surface area contributed by atoms with Gasteiger partial charge in [-0.25, -0.2) is 4.98 Å². The third-order valence-electron chi connectivity index (χ3n) is 3.41. The monoisotopic (exact) mass is 331 g/mol.